The number of carboxylic acid groups (broad SMARTS) is 2. The van der Waals surface area contributed by atoms with Gasteiger partial charge in [0.1, 0.15) is 11.9 Å². The van der Waals surface area contributed by atoms with Gasteiger partial charge >= 0.3 is 11.9 Å². The Morgan fingerprint density at radius 1 is 1.24 bits per heavy atom. The molecule has 1 atom stereocenters. The highest BCUT2D eigenvalue weighted by atomic mass is 16.4. The molecule has 17 heavy (non-hydrogen) atoms. The van der Waals surface area contributed by atoms with Crippen molar-refractivity contribution in [1.29, 1.82) is 0 Å². The Labute approximate surface area is 97.5 Å². The van der Waals surface area contributed by atoms with Crippen LogP contribution in [0.25, 0.3) is 0 Å². The van der Waals surface area contributed by atoms with E-state index in [2.05, 4.69) is 15.3 Å². The molecule has 0 fully saturated rings. The molecule has 0 bridgehead atoms. The Hall–Kier alpha value is -2.18. The normalized spacial score (nSPS) is 12.2. The molecular formula is C10H13N3O4. The number of nitrogens with zero attached hydrogens (tertiary/aromatic N) is 2. The molecule has 0 aliphatic carbocycles. The molecule has 7 heteroatoms. The molecule has 0 aromatic carbocycles. The number of aliphatic carboxylic acids is 1. The lowest BCUT2D eigenvalue weighted by Crippen LogP contribution is -2.34. The molecule has 1 heterocycles. The zero-order chi connectivity index (χ0) is 13.0. The van der Waals surface area contributed by atoms with Crippen molar-refractivity contribution in [3.8, 4) is 0 Å². The lowest BCUT2D eigenvalue weighted by molar-refractivity contribution is -0.138. The quantitative estimate of drug-likeness (QED) is 0.693. The zero-order valence-corrected chi connectivity index (χ0v) is 9.41. The Morgan fingerprint density at radius 2 is 1.88 bits per heavy atom. The molecule has 7 nitrogen and oxygen atoms in total. The van der Waals surface area contributed by atoms with Gasteiger partial charge in [0.2, 0.25) is 0 Å². The first-order valence-electron chi connectivity index (χ1n) is 4.96. The van der Waals surface area contributed by atoms with Crippen molar-refractivity contribution in [1.82, 2.24) is 9.97 Å². The second-order valence-corrected chi connectivity index (χ2v) is 3.80. The zero-order valence-electron chi connectivity index (χ0n) is 9.41. The van der Waals surface area contributed by atoms with Gasteiger partial charge in [-0.1, -0.05) is 13.8 Å². The number of hydrogen-bond acceptors (Lipinski definition) is 5. The van der Waals surface area contributed by atoms with E-state index >= 15 is 0 Å². The summed E-state index contributed by atoms with van der Waals surface area (Å²) >= 11 is 0. The molecule has 0 spiro atoms. The van der Waals surface area contributed by atoms with Crippen molar-refractivity contribution in [3.63, 3.8) is 0 Å². The van der Waals surface area contributed by atoms with Crippen LogP contribution in [-0.4, -0.2) is 38.2 Å². The number of carbonyl (C=O) groups is 2. The third-order valence-electron chi connectivity index (χ3n) is 2.11. The summed E-state index contributed by atoms with van der Waals surface area (Å²) in [6, 6.07) is -0.792. The van der Waals surface area contributed by atoms with Crippen LogP contribution in [0.15, 0.2) is 12.4 Å². The van der Waals surface area contributed by atoms with Gasteiger partial charge in [0.25, 0.3) is 0 Å². The Bertz CT molecular complexity index is 416. The van der Waals surface area contributed by atoms with Crippen LogP contribution in [0.1, 0.15) is 24.3 Å². The molecule has 0 saturated carbocycles. The standard InChI is InChI=1S/C10H13N3O4/c1-5(2)8(10(16)17)13-7-4-11-6(3-12-7)9(14)15/h3-5,8H,1-2H3,(H,12,13)(H,14,15)(H,16,17)/t8-/m1/s1. The van der Waals surface area contributed by atoms with Crippen LogP contribution in [0.5, 0.6) is 0 Å². The summed E-state index contributed by atoms with van der Waals surface area (Å²) in [5.74, 6) is -2.07. The minimum Gasteiger partial charge on any atom is -0.480 e. The van der Waals surface area contributed by atoms with Crippen molar-refractivity contribution in [3.05, 3.63) is 18.1 Å². The molecule has 0 amide bonds. The van der Waals surface area contributed by atoms with E-state index in [-0.39, 0.29) is 17.4 Å². The van der Waals surface area contributed by atoms with E-state index < -0.39 is 18.0 Å². The Morgan fingerprint density at radius 3 is 2.24 bits per heavy atom. The van der Waals surface area contributed by atoms with Gasteiger partial charge in [-0.05, 0) is 5.92 Å². The van der Waals surface area contributed by atoms with Crippen LogP contribution < -0.4 is 5.32 Å². The van der Waals surface area contributed by atoms with E-state index in [1.807, 2.05) is 0 Å². The van der Waals surface area contributed by atoms with Gasteiger partial charge < -0.3 is 15.5 Å². The van der Waals surface area contributed by atoms with Crippen LogP contribution in [0, 0.1) is 5.92 Å². The second kappa shape index (κ2) is 5.24. The molecule has 0 saturated heterocycles. The first-order chi connectivity index (χ1) is 7.91. The highest BCUT2D eigenvalue weighted by molar-refractivity contribution is 5.85. The Balaban J connectivity index is 2.80. The molecular weight excluding hydrogens is 226 g/mol. The minimum atomic E-state index is -1.18. The summed E-state index contributed by atoms with van der Waals surface area (Å²) in [5.41, 5.74) is -0.188. The summed E-state index contributed by atoms with van der Waals surface area (Å²) in [6.07, 6.45) is 2.27. The van der Waals surface area contributed by atoms with Gasteiger partial charge in [0.15, 0.2) is 5.69 Å². The van der Waals surface area contributed by atoms with Crippen LogP contribution in [0.3, 0.4) is 0 Å². The lowest BCUT2D eigenvalue weighted by atomic mass is 10.1. The summed E-state index contributed by atoms with van der Waals surface area (Å²) in [7, 11) is 0. The van der Waals surface area contributed by atoms with E-state index in [1.165, 1.54) is 6.20 Å². The van der Waals surface area contributed by atoms with Crippen LogP contribution in [0.4, 0.5) is 5.82 Å². The summed E-state index contributed by atoms with van der Waals surface area (Å²) in [6.45, 7) is 3.51. The summed E-state index contributed by atoms with van der Waals surface area (Å²) in [4.78, 5) is 28.9. The fourth-order valence-corrected chi connectivity index (χ4v) is 1.19. The number of aromatic carboxylic acids is 1. The predicted molar refractivity (Wildman–Crippen MR) is 58.9 cm³/mol. The number of rotatable bonds is 5. The van der Waals surface area contributed by atoms with Gasteiger partial charge in [-0.15, -0.1) is 0 Å². The molecule has 92 valence electrons. The SMILES string of the molecule is CC(C)[C@@H](Nc1cnc(C(=O)O)cn1)C(=O)O. The van der Waals surface area contributed by atoms with Crippen LogP contribution in [-0.2, 0) is 4.79 Å². The van der Waals surface area contributed by atoms with Crippen LogP contribution in [0.2, 0.25) is 0 Å². The van der Waals surface area contributed by atoms with Gasteiger partial charge in [0, 0.05) is 0 Å². The number of anilines is 1. The van der Waals surface area contributed by atoms with Gasteiger partial charge in [0.05, 0.1) is 12.4 Å². The lowest BCUT2D eigenvalue weighted by Gasteiger charge is -2.17. The monoisotopic (exact) mass is 239 g/mol. The maximum absolute atomic E-state index is 10.9. The minimum absolute atomic E-state index is 0.131. The third-order valence-corrected chi connectivity index (χ3v) is 2.11. The number of nitrogens with one attached hydrogen (secondary N) is 1. The Kier molecular flexibility index (Phi) is 3.97. The van der Waals surface area contributed by atoms with Crippen molar-refractivity contribution < 1.29 is 19.8 Å². The van der Waals surface area contributed by atoms with E-state index in [9.17, 15) is 9.59 Å². The molecule has 0 unspecified atom stereocenters. The average molecular weight is 239 g/mol. The molecule has 1 aromatic heterocycles. The highest BCUT2D eigenvalue weighted by Crippen LogP contribution is 2.09. The van der Waals surface area contributed by atoms with Crippen molar-refractivity contribution in [2.24, 2.45) is 5.92 Å². The topological polar surface area (TPSA) is 112 Å². The second-order valence-electron chi connectivity index (χ2n) is 3.80. The number of carboxylic acids is 2. The van der Waals surface area contributed by atoms with Gasteiger partial charge in [-0.3, -0.25) is 0 Å². The largest absolute Gasteiger partial charge is 0.480 e. The smallest absolute Gasteiger partial charge is 0.356 e. The maximum Gasteiger partial charge on any atom is 0.356 e. The fraction of sp³-hybridized carbons (Fsp3) is 0.400. The van der Waals surface area contributed by atoms with Crippen molar-refractivity contribution in [2.75, 3.05) is 5.32 Å². The van der Waals surface area contributed by atoms with Gasteiger partial charge in [-0.25, -0.2) is 19.6 Å². The molecule has 0 radical (unpaired) electrons. The first kappa shape index (κ1) is 12.9. The van der Waals surface area contributed by atoms with Crippen molar-refractivity contribution in [2.45, 2.75) is 19.9 Å². The van der Waals surface area contributed by atoms with Crippen molar-refractivity contribution >= 4 is 17.8 Å². The van der Waals surface area contributed by atoms with E-state index in [0.29, 0.717) is 0 Å². The third kappa shape index (κ3) is 3.40. The number of hydrogen-bond donors (Lipinski definition) is 3. The highest BCUT2D eigenvalue weighted by Gasteiger charge is 2.21. The summed E-state index contributed by atoms with van der Waals surface area (Å²) in [5, 5.41) is 20.2. The molecule has 0 aliphatic rings. The maximum atomic E-state index is 10.9. The number of aromatic nitrogens is 2. The summed E-state index contributed by atoms with van der Waals surface area (Å²) < 4.78 is 0. The van der Waals surface area contributed by atoms with Gasteiger partial charge in [-0.2, -0.15) is 0 Å². The predicted octanol–water partition coefficient (Wildman–Crippen LogP) is 0.696. The average Bonchev–Trinajstić information content (AvgIpc) is 2.25. The van der Waals surface area contributed by atoms with E-state index in [1.54, 1.807) is 13.8 Å². The molecule has 1 aromatic rings. The molecule has 0 aliphatic heterocycles. The van der Waals surface area contributed by atoms with Crippen LogP contribution >= 0.6 is 0 Å². The fourth-order valence-electron chi connectivity index (χ4n) is 1.19. The first-order valence-corrected chi connectivity index (χ1v) is 4.96. The van der Waals surface area contributed by atoms with E-state index in [0.717, 1.165) is 6.20 Å². The molecule has 3 N–H and O–H groups in total. The molecule has 1 rings (SSSR count). The van der Waals surface area contributed by atoms with E-state index in [4.69, 9.17) is 10.2 Å².